The van der Waals surface area contributed by atoms with Gasteiger partial charge in [-0.05, 0) is 36.8 Å². The van der Waals surface area contributed by atoms with E-state index in [4.69, 9.17) is 19.8 Å². The summed E-state index contributed by atoms with van der Waals surface area (Å²) >= 11 is 0. The molecule has 0 saturated heterocycles. The third-order valence-corrected chi connectivity index (χ3v) is 9.98. The summed E-state index contributed by atoms with van der Waals surface area (Å²) in [5.74, 6) is -1.07. The summed E-state index contributed by atoms with van der Waals surface area (Å²) in [5, 5.41) is 41.9. The predicted octanol–water partition coefficient (Wildman–Crippen LogP) is 3.44. The standard InChI is InChI=1S/C27H42N2O2Si2.2C2H4O2.Co/c1-18(2)24-13-22(32(5,6)7)11-20(26(24)30)15-28-17-29-16-21-12-23(33(8,9)10)14-25(19(3)4)27(21)31;2*1-2(3)4;/h11-16,18-19,30-31H,17H2,1-10H3;2*1H3,(H,3,4);/q;;;+2/p-2. The maximum Gasteiger partial charge on any atom is 2.00 e. The Labute approximate surface area is 264 Å². The van der Waals surface area contributed by atoms with Gasteiger partial charge in [0.05, 0.1) is 16.1 Å². The number of aliphatic carboxylic acids is 2. The van der Waals surface area contributed by atoms with Gasteiger partial charge in [0.1, 0.15) is 18.2 Å². The van der Waals surface area contributed by atoms with Crippen LogP contribution < -0.4 is 20.6 Å². The van der Waals surface area contributed by atoms with E-state index >= 15 is 0 Å². The topological polar surface area (TPSA) is 145 Å². The van der Waals surface area contributed by atoms with Gasteiger partial charge in [0.15, 0.2) is 0 Å². The van der Waals surface area contributed by atoms with Crippen molar-refractivity contribution in [2.45, 2.75) is 92.7 Å². The monoisotopic (exact) mass is 659 g/mol. The van der Waals surface area contributed by atoms with Crippen LogP contribution in [-0.4, -0.2) is 57.4 Å². The van der Waals surface area contributed by atoms with Crippen LogP contribution in [0.4, 0.5) is 0 Å². The molecule has 235 valence electrons. The molecular formula is C31H48CoN2O6Si2. The average Bonchev–Trinajstić information content (AvgIpc) is 2.78. The van der Waals surface area contributed by atoms with Gasteiger partial charge in [0.25, 0.3) is 0 Å². The molecule has 0 aromatic heterocycles. The van der Waals surface area contributed by atoms with Crippen LogP contribution in [0.1, 0.15) is 75.6 Å². The number of benzene rings is 2. The molecule has 2 N–H and O–H groups in total. The molecule has 0 fully saturated rings. The number of aliphatic imine (C=N–C) groups is 2. The number of carboxylic acid groups (broad SMARTS) is 2. The van der Waals surface area contributed by atoms with E-state index in [0.717, 1.165) is 36.1 Å². The zero-order valence-electron chi connectivity index (χ0n) is 27.1. The molecule has 0 saturated carbocycles. The summed E-state index contributed by atoms with van der Waals surface area (Å²) in [6.45, 7) is 24.4. The quantitative estimate of drug-likeness (QED) is 0.328. The molecule has 0 heterocycles. The van der Waals surface area contributed by atoms with Crippen LogP contribution in [0.2, 0.25) is 39.3 Å². The van der Waals surface area contributed by atoms with Crippen LogP contribution in [0, 0.1) is 0 Å². The Balaban J connectivity index is 0. The normalized spacial score (nSPS) is 11.6. The van der Waals surface area contributed by atoms with Crippen molar-refractivity contribution in [2.24, 2.45) is 9.98 Å². The van der Waals surface area contributed by atoms with Crippen molar-refractivity contribution in [1.82, 2.24) is 0 Å². The van der Waals surface area contributed by atoms with Crippen LogP contribution in [0.3, 0.4) is 0 Å². The number of carbonyl (C=O) groups is 2. The van der Waals surface area contributed by atoms with E-state index in [1.807, 2.05) is 0 Å². The van der Waals surface area contributed by atoms with Gasteiger partial charge >= 0.3 is 16.8 Å². The Kier molecular flexibility index (Phi) is 17.8. The summed E-state index contributed by atoms with van der Waals surface area (Å²) in [6.07, 6.45) is 3.44. The summed E-state index contributed by atoms with van der Waals surface area (Å²) < 4.78 is 0. The Morgan fingerprint density at radius 1 is 0.714 bits per heavy atom. The molecule has 0 spiro atoms. The van der Waals surface area contributed by atoms with E-state index in [-0.39, 0.29) is 35.3 Å². The maximum absolute atomic E-state index is 10.8. The first-order valence-corrected chi connectivity index (χ1v) is 20.7. The van der Waals surface area contributed by atoms with Crippen molar-refractivity contribution in [3.8, 4) is 11.5 Å². The molecular weight excluding hydrogens is 611 g/mol. The van der Waals surface area contributed by atoms with Gasteiger partial charge in [0.2, 0.25) is 0 Å². The fourth-order valence-electron chi connectivity index (χ4n) is 3.63. The molecule has 2 aromatic carbocycles. The van der Waals surface area contributed by atoms with Crippen molar-refractivity contribution in [1.29, 1.82) is 0 Å². The third kappa shape index (κ3) is 14.9. The Morgan fingerprint density at radius 3 is 1.19 bits per heavy atom. The molecule has 0 atom stereocenters. The van der Waals surface area contributed by atoms with Crippen LogP contribution in [0.25, 0.3) is 0 Å². The predicted molar refractivity (Wildman–Crippen MR) is 172 cm³/mol. The molecule has 8 nitrogen and oxygen atoms in total. The van der Waals surface area contributed by atoms with E-state index < -0.39 is 28.1 Å². The minimum Gasteiger partial charge on any atom is -0.550 e. The van der Waals surface area contributed by atoms with Crippen molar-refractivity contribution in [3.05, 3.63) is 46.5 Å². The Hall–Kier alpha value is -2.74. The fraction of sp³-hybridized carbons (Fsp3) is 0.484. The molecule has 0 aliphatic rings. The van der Waals surface area contributed by atoms with Crippen LogP contribution >= 0.6 is 0 Å². The Morgan fingerprint density at radius 2 is 0.976 bits per heavy atom. The van der Waals surface area contributed by atoms with Gasteiger partial charge in [-0.1, -0.05) is 102 Å². The first-order valence-electron chi connectivity index (χ1n) is 13.7. The van der Waals surface area contributed by atoms with Crippen molar-refractivity contribution >= 4 is 50.9 Å². The molecule has 2 aromatic rings. The summed E-state index contributed by atoms with van der Waals surface area (Å²) in [6, 6.07) is 8.45. The molecule has 0 bridgehead atoms. The molecule has 2 rings (SSSR count). The second-order valence-corrected chi connectivity index (χ2v) is 22.7. The number of phenols is 2. The van der Waals surface area contributed by atoms with E-state index in [2.05, 4.69) is 101 Å². The second kappa shape index (κ2) is 18.0. The number of rotatable bonds is 8. The van der Waals surface area contributed by atoms with Gasteiger partial charge < -0.3 is 30.0 Å². The number of aromatic hydroxyl groups is 2. The SMILES string of the molecule is CC(=O)[O-].CC(=O)[O-].CC(C)c1cc([Si](C)(C)C)cc(C=NCN=Cc2cc([Si](C)(C)C)cc(C(C)C)c2O)c1O.[Co+2]. The van der Waals surface area contributed by atoms with E-state index in [9.17, 15) is 10.2 Å². The molecule has 0 unspecified atom stereocenters. The molecule has 42 heavy (non-hydrogen) atoms. The van der Waals surface area contributed by atoms with Gasteiger partial charge in [-0.3, -0.25) is 9.98 Å². The van der Waals surface area contributed by atoms with Gasteiger partial charge in [-0.25, -0.2) is 0 Å². The first-order chi connectivity index (χ1) is 18.6. The maximum atomic E-state index is 10.8. The van der Waals surface area contributed by atoms with Gasteiger partial charge in [-0.15, -0.1) is 0 Å². The number of phenolic OH excluding ortho intramolecular Hbond substituents is 2. The third-order valence-electron chi connectivity index (χ3n) is 5.94. The van der Waals surface area contributed by atoms with Crippen LogP contribution in [-0.2, 0) is 26.4 Å². The van der Waals surface area contributed by atoms with Crippen LogP contribution in [0.5, 0.6) is 11.5 Å². The Bertz CT molecular complexity index is 1140. The van der Waals surface area contributed by atoms with Gasteiger partial charge in [-0.2, -0.15) is 0 Å². The number of carbonyl (C=O) groups excluding carboxylic acids is 2. The van der Waals surface area contributed by atoms with E-state index in [1.54, 1.807) is 12.4 Å². The van der Waals surface area contributed by atoms with E-state index in [1.165, 1.54) is 10.4 Å². The molecule has 11 heteroatoms. The zero-order chi connectivity index (χ0) is 32.3. The minimum atomic E-state index is -1.53. The van der Waals surface area contributed by atoms with E-state index in [0.29, 0.717) is 11.5 Å². The van der Waals surface area contributed by atoms with Crippen molar-refractivity contribution in [3.63, 3.8) is 0 Å². The smallest absolute Gasteiger partial charge is 0.550 e. The first kappa shape index (κ1) is 41.4. The number of nitrogens with zero attached hydrogens (tertiary/aromatic N) is 2. The minimum absolute atomic E-state index is 0. The fourth-order valence-corrected chi connectivity index (χ4v) is 5.98. The largest absolute Gasteiger partial charge is 2.00 e. The summed E-state index contributed by atoms with van der Waals surface area (Å²) in [4.78, 5) is 26.7. The molecule has 0 aliphatic carbocycles. The second-order valence-electron chi connectivity index (χ2n) is 12.6. The van der Waals surface area contributed by atoms with Crippen molar-refractivity contribution < 1.29 is 46.8 Å². The van der Waals surface area contributed by atoms with Gasteiger partial charge in [0, 0.05) is 35.5 Å². The molecule has 1 radical (unpaired) electrons. The molecule has 0 aliphatic heterocycles. The zero-order valence-corrected chi connectivity index (χ0v) is 30.1. The number of hydrogen-bond donors (Lipinski definition) is 2. The summed E-state index contributed by atoms with van der Waals surface area (Å²) in [5.41, 5.74) is 3.43. The van der Waals surface area contributed by atoms with Crippen LogP contribution in [0.15, 0.2) is 34.3 Å². The number of hydrogen-bond acceptors (Lipinski definition) is 8. The summed E-state index contributed by atoms with van der Waals surface area (Å²) in [7, 11) is -3.06. The number of carboxylic acids is 2. The average molecular weight is 660 g/mol. The molecule has 0 amide bonds. The van der Waals surface area contributed by atoms with Crippen molar-refractivity contribution in [2.75, 3.05) is 6.67 Å².